The lowest BCUT2D eigenvalue weighted by Crippen LogP contribution is -2.48. The van der Waals surface area contributed by atoms with E-state index < -0.39 is 0 Å². The van der Waals surface area contributed by atoms with E-state index in [4.69, 9.17) is 0 Å². The third kappa shape index (κ3) is 3.34. The SMILES string of the molecule is O=C(c1cnn2cc(Br)cnc12)N1CCN(Cc2ccccc2F)CC1. The van der Waals surface area contributed by atoms with E-state index in [1.807, 2.05) is 6.07 Å². The molecule has 1 aromatic carbocycles. The number of carbonyl (C=O) groups excluding carboxylic acids is 1. The Labute approximate surface area is 158 Å². The van der Waals surface area contributed by atoms with Crippen LogP contribution in [0.1, 0.15) is 15.9 Å². The second kappa shape index (κ2) is 7.13. The van der Waals surface area contributed by atoms with Crippen LogP contribution in [0.25, 0.3) is 5.65 Å². The van der Waals surface area contributed by atoms with Crippen molar-refractivity contribution in [1.29, 1.82) is 0 Å². The summed E-state index contributed by atoms with van der Waals surface area (Å²) in [7, 11) is 0. The molecule has 134 valence electrons. The lowest BCUT2D eigenvalue weighted by molar-refractivity contribution is 0.0628. The number of rotatable bonds is 3. The average molecular weight is 418 g/mol. The molecule has 1 aliphatic heterocycles. The van der Waals surface area contributed by atoms with Crippen LogP contribution in [0.15, 0.2) is 47.3 Å². The maximum absolute atomic E-state index is 13.8. The molecule has 3 heterocycles. The van der Waals surface area contributed by atoms with E-state index >= 15 is 0 Å². The fourth-order valence-corrected chi connectivity index (χ4v) is 3.45. The van der Waals surface area contributed by atoms with E-state index in [2.05, 4.69) is 30.9 Å². The summed E-state index contributed by atoms with van der Waals surface area (Å²) in [5.41, 5.74) is 1.73. The van der Waals surface area contributed by atoms with Gasteiger partial charge in [0.15, 0.2) is 5.65 Å². The van der Waals surface area contributed by atoms with Crippen LogP contribution in [-0.4, -0.2) is 56.5 Å². The molecule has 26 heavy (non-hydrogen) atoms. The second-order valence-electron chi connectivity index (χ2n) is 6.26. The number of halogens is 2. The van der Waals surface area contributed by atoms with E-state index in [1.54, 1.807) is 40.1 Å². The summed E-state index contributed by atoms with van der Waals surface area (Å²) >= 11 is 3.34. The van der Waals surface area contributed by atoms with E-state index in [9.17, 15) is 9.18 Å². The molecule has 8 heteroatoms. The first-order chi connectivity index (χ1) is 12.6. The number of benzene rings is 1. The third-order valence-corrected chi connectivity index (χ3v) is 4.98. The highest BCUT2D eigenvalue weighted by atomic mass is 79.9. The van der Waals surface area contributed by atoms with Crippen LogP contribution in [0.5, 0.6) is 0 Å². The minimum absolute atomic E-state index is 0.0691. The van der Waals surface area contributed by atoms with Gasteiger partial charge in [0.2, 0.25) is 0 Å². The molecule has 0 unspecified atom stereocenters. The van der Waals surface area contributed by atoms with Crippen molar-refractivity contribution in [3.05, 3.63) is 64.3 Å². The molecule has 1 fully saturated rings. The Kier molecular flexibility index (Phi) is 4.69. The maximum Gasteiger partial charge on any atom is 0.259 e. The highest BCUT2D eigenvalue weighted by molar-refractivity contribution is 9.10. The number of nitrogens with zero attached hydrogens (tertiary/aromatic N) is 5. The molecule has 4 rings (SSSR count). The van der Waals surface area contributed by atoms with E-state index in [-0.39, 0.29) is 11.7 Å². The van der Waals surface area contributed by atoms with E-state index in [0.29, 0.717) is 49.5 Å². The zero-order valence-corrected chi connectivity index (χ0v) is 15.6. The fraction of sp³-hybridized carbons (Fsp3) is 0.278. The fourth-order valence-electron chi connectivity index (χ4n) is 3.15. The number of aromatic nitrogens is 3. The largest absolute Gasteiger partial charge is 0.336 e. The van der Waals surface area contributed by atoms with Crippen LogP contribution in [-0.2, 0) is 6.54 Å². The van der Waals surface area contributed by atoms with Crippen molar-refractivity contribution in [2.24, 2.45) is 0 Å². The molecular weight excluding hydrogens is 401 g/mol. The Morgan fingerprint density at radius 3 is 2.69 bits per heavy atom. The quantitative estimate of drug-likeness (QED) is 0.657. The molecular formula is C18H17BrFN5O. The summed E-state index contributed by atoms with van der Waals surface area (Å²) in [5, 5.41) is 4.20. The summed E-state index contributed by atoms with van der Waals surface area (Å²) in [6.45, 7) is 3.17. The summed E-state index contributed by atoms with van der Waals surface area (Å²) in [6.07, 6.45) is 4.98. The van der Waals surface area contributed by atoms with Crippen molar-refractivity contribution >= 4 is 27.5 Å². The van der Waals surface area contributed by atoms with E-state index in [0.717, 1.165) is 4.47 Å². The highest BCUT2D eigenvalue weighted by Crippen LogP contribution is 2.17. The first-order valence-electron chi connectivity index (χ1n) is 8.36. The van der Waals surface area contributed by atoms with Crippen LogP contribution >= 0.6 is 15.9 Å². The molecule has 6 nitrogen and oxygen atoms in total. The predicted molar refractivity (Wildman–Crippen MR) is 98.3 cm³/mol. The Morgan fingerprint density at radius 2 is 1.92 bits per heavy atom. The van der Waals surface area contributed by atoms with Gasteiger partial charge in [0, 0.05) is 50.7 Å². The van der Waals surface area contributed by atoms with Gasteiger partial charge >= 0.3 is 0 Å². The topological polar surface area (TPSA) is 53.7 Å². The lowest BCUT2D eigenvalue weighted by Gasteiger charge is -2.34. The smallest absolute Gasteiger partial charge is 0.259 e. The predicted octanol–water partition coefficient (Wildman–Crippen LogP) is 2.59. The second-order valence-corrected chi connectivity index (χ2v) is 7.17. The van der Waals surface area contributed by atoms with Gasteiger partial charge < -0.3 is 4.90 Å². The number of carbonyl (C=O) groups is 1. The number of hydrogen-bond acceptors (Lipinski definition) is 4. The van der Waals surface area contributed by atoms with Gasteiger partial charge in [-0.25, -0.2) is 13.9 Å². The van der Waals surface area contributed by atoms with Gasteiger partial charge in [0.05, 0.1) is 10.7 Å². The van der Waals surface area contributed by atoms with Crippen molar-refractivity contribution in [3.8, 4) is 0 Å². The molecule has 1 saturated heterocycles. The van der Waals surface area contributed by atoms with Gasteiger partial charge in [-0.3, -0.25) is 9.69 Å². The minimum Gasteiger partial charge on any atom is -0.336 e. The summed E-state index contributed by atoms with van der Waals surface area (Å²) < 4.78 is 16.2. The molecule has 2 aromatic heterocycles. The minimum atomic E-state index is -0.186. The summed E-state index contributed by atoms with van der Waals surface area (Å²) in [5.74, 6) is -0.255. The van der Waals surface area contributed by atoms with Crippen molar-refractivity contribution in [2.45, 2.75) is 6.54 Å². The Hall–Kier alpha value is -2.32. The molecule has 0 N–H and O–H groups in total. The van der Waals surface area contributed by atoms with Gasteiger partial charge in [-0.2, -0.15) is 5.10 Å². The lowest BCUT2D eigenvalue weighted by atomic mass is 10.1. The van der Waals surface area contributed by atoms with Crippen LogP contribution in [0, 0.1) is 5.82 Å². The Bertz CT molecular complexity index is 952. The summed E-state index contributed by atoms with van der Waals surface area (Å²) in [4.78, 5) is 21.1. The molecule has 0 saturated carbocycles. The molecule has 0 atom stereocenters. The Balaban J connectivity index is 1.42. The van der Waals surface area contributed by atoms with Crippen molar-refractivity contribution in [2.75, 3.05) is 26.2 Å². The van der Waals surface area contributed by atoms with Crippen molar-refractivity contribution in [1.82, 2.24) is 24.4 Å². The third-order valence-electron chi connectivity index (χ3n) is 4.57. The first-order valence-corrected chi connectivity index (χ1v) is 9.15. The zero-order chi connectivity index (χ0) is 18.1. The van der Waals surface area contributed by atoms with Crippen molar-refractivity contribution < 1.29 is 9.18 Å². The van der Waals surface area contributed by atoms with Gasteiger partial charge in [0.1, 0.15) is 11.4 Å². The molecule has 0 spiro atoms. The molecule has 0 aliphatic carbocycles. The number of amides is 1. The van der Waals surface area contributed by atoms with Gasteiger partial charge in [-0.15, -0.1) is 0 Å². The standard InChI is InChI=1S/C18H17BrFN5O/c19-14-9-21-17-15(10-22-25(17)12-14)18(26)24-7-5-23(6-8-24)11-13-3-1-2-4-16(13)20/h1-4,9-10,12H,5-8,11H2. The molecule has 1 amide bonds. The Morgan fingerprint density at radius 1 is 1.15 bits per heavy atom. The zero-order valence-electron chi connectivity index (χ0n) is 14.0. The number of hydrogen-bond donors (Lipinski definition) is 0. The van der Waals surface area contributed by atoms with Crippen LogP contribution in [0.3, 0.4) is 0 Å². The highest BCUT2D eigenvalue weighted by Gasteiger charge is 2.25. The molecule has 1 aliphatic rings. The molecule has 0 bridgehead atoms. The summed E-state index contributed by atoms with van der Waals surface area (Å²) in [6, 6.07) is 6.81. The monoisotopic (exact) mass is 417 g/mol. The van der Waals surface area contributed by atoms with Crippen LogP contribution < -0.4 is 0 Å². The van der Waals surface area contributed by atoms with Gasteiger partial charge in [-0.1, -0.05) is 18.2 Å². The van der Waals surface area contributed by atoms with Crippen LogP contribution in [0.2, 0.25) is 0 Å². The van der Waals surface area contributed by atoms with Crippen molar-refractivity contribution in [3.63, 3.8) is 0 Å². The van der Waals surface area contributed by atoms with Gasteiger partial charge in [-0.05, 0) is 22.0 Å². The first kappa shape index (κ1) is 17.1. The molecule has 3 aromatic rings. The maximum atomic E-state index is 13.8. The van der Waals surface area contributed by atoms with E-state index in [1.165, 1.54) is 6.07 Å². The average Bonchev–Trinajstić information content (AvgIpc) is 3.06. The molecule has 0 radical (unpaired) electrons. The number of fused-ring (bicyclic) bond motifs is 1. The van der Waals surface area contributed by atoms with Crippen LogP contribution in [0.4, 0.5) is 4.39 Å². The van der Waals surface area contributed by atoms with Gasteiger partial charge in [0.25, 0.3) is 5.91 Å². The normalized spacial score (nSPS) is 15.5. The number of piperazine rings is 1.